The molecule has 1 aromatic rings. The van der Waals surface area contributed by atoms with Crippen molar-refractivity contribution in [1.29, 1.82) is 0 Å². The molecule has 0 radical (unpaired) electrons. The van der Waals surface area contributed by atoms with Crippen molar-refractivity contribution in [3.8, 4) is 0 Å². The molecule has 1 aliphatic rings. The van der Waals surface area contributed by atoms with Crippen molar-refractivity contribution in [1.82, 2.24) is 0 Å². The summed E-state index contributed by atoms with van der Waals surface area (Å²) in [6.45, 7) is 2.95. The molecule has 0 bridgehead atoms. The van der Waals surface area contributed by atoms with Crippen LogP contribution in [0.25, 0.3) is 0 Å². The molecule has 20 heavy (non-hydrogen) atoms. The van der Waals surface area contributed by atoms with E-state index in [0.717, 1.165) is 18.9 Å². The van der Waals surface area contributed by atoms with Crippen LogP contribution in [-0.4, -0.2) is 19.6 Å². The topological polar surface area (TPSA) is 29.3 Å². The van der Waals surface area contributed by atoms with Crippen molar-refractivity contribution in [2.24, 2.45) is 11.7 Å². The van der Waals surface area contributed by atoms with E-state index in [-0.39, 0.29) is 0 Å². The number of nitrogens with two attached hydrogens (primary N) is 1. The molecule has 1 atom stereocenters. The van der Waals surface area contributed by atoms with Crippen LogP contribution in [0.4, 0.5) is 5.69 Å². The van der Waals surface area contributed by atoms with E-state index < -0.39 is 0 Å². The van der Waals surface area contributed by atoms with Crippen LogP contribution in [0.3, 0.4) is 0 Å². The van der Waals surface area contributed by atoms with E-state index in [2.05, 4.69) is 43.1 Å². The van der Waals surface area contributed by atoms with Gasteiger partial charge in [0.25, 0.3) is 0 Å². The molecule has 1 aromatic carbocycles. The molecule has 2 N–H and O–H groups in total. The van der Waals surface area contributed by atoms with Crippen LogP contribution >= 0.6 is 0 Å². The lowest BCUT2D eigenvalue weighted by Gasteiger charge is -2.33. The molecule has 2 rings (SSSR count). The Morgan fingerprint density at radius 2 is 1.80 bits per heavy atom. The lowest BCUT2D eigenvalue weighted by molar-refractivity contribution is 0.316. The predicted molar refractivity (Wildman–Crippen MR) is 88.3 cm³/mol. The van der Waals surface area contributed by atoms with Crippen LogP contribution in [0.5, 0.6) is 0 Å². The lowest BCUT2D eigenvalue weighted by Crippen LogP contribution is -2.39. The average molecular weight is 274 g/mol. The van der Waals surface area contributed by atoms with E-state index in [4.69, 9.17) is 5.73 Å². The minimum absolute atomic E-state index is 0.477. The average Bonchev–Trinajstić information content (AvgIpc) is 2.53. The minimum atomic E-state index is 0.477. The first-order valence-electron chi connectivity index (χ1n) is 8.26. The SMILES string of the molecule is CCc1ccc(N(C)C(CN)CC2CCCCC2)cc1. The summed E-state index contributed by atoms with van der Waals surface area (Å²) in [7, 11) is 2.20. The van der Waals surface area contributed by atoms with Gasteiger partial charge in [0.1, 0.15) is 0 Å². The molecule has 112 valence electrons. The van der Waals surface area contributed by atoms with Crippen molar-refractivity contribution in [3.63, 3.8) is 0 Å². The maximum Gasteiger partial charge on any atom is 0.0411 e. The van der Waals surface area contributed by atoms with Gasteiger partial charge >= 0.3 is 0 Å². The summed E-state index contributed by atoms with van der Waals surface area (Å²) in [5, 5.41) is 0. The monoisotopic (exact) mass is 274 g/mol. The van der Waals surface area contributed by atoms with Crippen LogP contribution in [0.1, 0.15) is 51.0 Å². The first kappa shape index (κ1) is 15.4. The zero-order chi connectivity index (χ0) is 14.4. The third-order valence-corrected chi connectivity index (χ3v) is 4.90. The van der Waals surface area contributed by atoms with Crippen molar-refractivity contribution < 1.29 is 0 Å². The van der Waals surface area contributed by atoms with Gasteiger partial charge in [0.2, 0.25) is 0 Å². The highest BCUT2D eigenvalue weighted by atomic mass is 15.1. The Kier molecular flexibility index (Phi) is 5.90. The van der Waals surface area contributed by atoms with Crippen LogP contribution < -0.4 is 10.6 Å². The number of anilines is 1. The van der Waals surface area contributed by atoms with Crippen LogP contribution in [-0.2, 0) is 6.42 Å². The van der Waals surface area contributed by atoms with Crippen molar-refractivity contribution in [2.45, 2.75) is 57.9 Å². The molecule has 2 nitrogen and oxygen atoms in total. The predicted octanol–water partition coefficient (Wildman–Crippen LogP) is 3.98. The molecule has 0 saturated heterocycles. The molecule has 1 saturated carbocycles. The zero-order valence-electron chi connectivity index (χ0n) is 13.1. The number of benzene rings is 1. The molecular formula is C18H30N2. The van der Waals surface area contributed by atoms with Crippen molar-refractivity contribution in [3.05, 3.63) is 29.8 Å². The second-order valence-corrected chi connectivity index (χ2v) is 6.26. The number of aryl methyl sites for hydroxylation is 1. The molecule has 0 heterocycles. The Morgan fingerprint density at radius 3 is 2.35 bits per heavy atom. The molecule has 1 aliphatic carbocycles. The first-order valence-corrected chi connectivity index (χ1v) is 8.26. The summed E-state index contributed by atoms with van der Waals surface area (Å²) < 4.78 is 0. The molecule has 2 heteroatoms. The molecule has 0 aliphatic heterocycles. The highest BCUT2D eigenvalue weighted by Crippen LogP contribution is 2.29. The highest BCUT2D eigenvalue weighted by Gasteiger charge is 2.21. The number of hydrogen-bond acceptors (Lipinski definition) is 2. The van der Waals surface area contributed by atoms with Gasteiger partial charge in [-0.3, -0.25) is 0 Å². The molecule has 0 spiro atoms. The number of nitrogens with zero attached hydrogens (tertiary/aromatic N) is 1. The van der Waals surface area contributed by atoms with Gasteiger partial charge in [-0.2, -0.15) is 0 Å². The Balaban J connectivity index is 1.97. The van der Waals surface area contributed by atoms with Crippen LogP contribution in [0.2, 0.25) is 0 Å². The fourth-order valence-electron chi connectivity index (χ4n) is 3.40. The van der Waals surface area contributed by atoms with E-state index in [1.807, 2.05) is 0 Å². The van der Waals surface area contributed by atoms with Gasteiger partial charge in [-0.25, -0.2) is 0 Å². The molecule has 1 unspecified atom stereocenters. The molecule has 1 fully saturated rings. The fraction of sp³-hybridized carbons (Fsp3) is 0.667. The van der Waals surface area contributed by atoms with Crippen molar-refractivity contribution in [2.75, 3.05) is 18.5 Å². The minimum Gasteiger partial charge on any atom is -0.370 e. The first-order chi connectivity index (χ1) is 9.74. The lowest BCUT2D eigenvalue weighted by atomic mass is 9.84. The fourth-order valence-corrected chi connectivity index (χ4v) is 3.40. The van der Waals surface area contributed by atoms with Gasteiger partial charge in [-0.05, 0) is 36.5 Å². The summed E-state index contributed by atoms with van der Waals surface area (Å²) >= 11 is 0. The van der Waals surface area contributed by atoms with Gasteiger partial charge in [-0.1, -0.05) is 51.2 Å². The third kappa shape index (κ3) is 3.99. The summed E-state index contributed by atoms with van der Waals surface area (Å²) in [5.41, 5.74) is 8.74. The van der Waals surface area contributed by atoms with Crippen molar-refractivity contribution >= 4 is 5.69 Å². The zero-order valence-corrected chi connectivity index (χ0v) is 13.1. The smallest absolute Gasteiger partial charge is 0.0411 e. The maximum absolute atomic E-state index is 6.04. The third-order valence-electron chi connectivity index (χ3n) is 4.90. The Morgan fingerprint density at radius 1 is 1.15 bits per heavy atom. The Hall–Kier alpha value is -1.02. The molecule has 0 amide bonds. The van der Waals surface area contributed by atoms with E-state index >= 15 is 0 Å². The van der Waals surface area contributed by atoms with Crippen LogP contribution in [0.15, 0.2) is 24.3 Å². The number of hydrogen-bond donors (Lipinski definition) is 1. The second-order valence-electron chi connectivity index (χ2n) is 6.26. The van der Waals surface area contributed by atoms with Gasteiger partial charge in [0, 0.05) is 25.3 Å². The quantitative estimate of drug-likeness (QED) is 0.850. The Labute approximate surface area is 124 Å². The standard InChI is InChI=1S/C18H30N2/c1-3-15-9-11-17(12-10-15)20(2)18(14-19)13-16-7-5-4-6-8-16/h9-12,16,18H,3-8,13-14,19H2,1-2H3. The summed E-state index contributed by atoms with van der Waals surface area (Å²) in [6.07, 6.45) is 9.42. The van der Waals surface area contributed by atoms with E-state index in [0.29, 0.717) is 6.04 Å². The molecular weight excluding hydrogens is 244 g/mol. The molecule has 0 aromatic heterocycles. The largest absolute Gasteiger partial charge is 0.370 e. The summed E-state index contributed by atoms with van der Waals surface area (Å²) in [6, 6.07) is 9.43. The van der Waals surface area contributed by atoms with E-state index in [1.54, 1.807) is 0 Å². The second kappa shape index (κ2) is 7.68. The normalized spacial score (nSPS) is 17.9. The van der Waals surface area contributed by atoms with E-state index in [9.17, 15) is 0 Å². The van der Waals surface area contributed by atoms with Gasteiger partial charge < -0.3 is 10.6 Å². The summed E-state index contributed by atoms with van der Waals surface area (Å²) in [5.74, 6) is 0.884. The van der Waals surface area contributed by atoms with Crippen LogP contribution in [0, 0.1) is 5.92 Å². The maximum atomic E-state index is 6.04. The van der Waals surface area contributed by atoms with E-state index in [1.165, 1.54) is 49.8 Å². The van der Waals surface area contributed by atoms with Gasteiger partial charge in [-0.15, -0.1) is 0 Å². The number of likely N-dealkylation sites (N-methyl/N-ethyl adjacent to an activating group) is 1. The van der Waals surface area contributed by atoms with Gasteiger partial charge in [0.05, 0.1) is 0 Å². The summed E-state index contributed by atoms with van der Waals surface area (Å²) in [4.78, 5) is 2.38. The Bertz CT molecular complexity index is 379. The number of rotatable bonds is 6. The highest BCUT2D eigenvalue weighted by molar-refractivity contribution is 5.48. The van der Waals surface area contributed by atoms with Gasteiger partial charge in [0.15, 0.2) is 0 Å².